The summed E-state index contributed by atoms with van der Waals surface area (Å²) in [5, 5.41) is 4.00. The number of benzene rings is 1. The minimum atomic E-state index is -3.53. The molecule has 0 saturated carbocycles. The Kier molecular flexibility index (Phi) is 4.29. The largest absolute Gasteiger partial charge is 0.359 e. The van der Waals surface area contributed by atoms with Crippen molar-refractivity contribution in [1.29, 1.82) is 0 Å². The lowest BCUT2D eigenvalue weighted by atomic mass is 10.1. The van der Waals surface area contributed by atoms with Crippen molar-refractivity contribution >= 4 is 10.0 Å². The summed E-state index contributed by atoms with van der Waals surface area (Å²) in [4.78, 5) is 0.350. The molecular formula is C17H22N2O3S. The van der Waals surface area contributed by atoms with Gasteiger partial charge in [-0.2, -0.15) is 4.31 Å². The summed E-state index contributed by atoms with van der Waals surface area (Å²) in [6, 6.07) is 6.91. The summed E-state index contributed by atoms with van der Waals surface area (Å²) in [7, 11) is -3.53. The van der Waals surface area contributed by atoms with Gasteiger partial charge in [-0.25, -0.2) is 8.42 Å². The van der Waals surface area contributed by atoms with E-state index < -0.39 is 10.0 Å². The van der Waals surface area contributed by atoms with Crippen LogP contribution in [0, 0.1) is 13.8 Å². The van der Waals surface area contributed by atoms with Crippen molar-refractivity contribution in [1.82, 2.24) is 9.46 Å². The Hall–Kier alpha value is -1.66. The number of sulfonamides is 1. The molecule has 3 rings (SSSR count). The zero-order valence-corrected chi connectivity index (χ0v) is 14.6. The van der Waals surface area contributed by atoms with Crippen molar-refractivity contribution in [2.75, 3.05) is 6.54 Å². The molecule has 124 valence electrons. The molecule has 1 aromatic heterocycles. The summed E-state index contributed by atoms with van der Waals surface area (Å²) < 4.78 is 33.0. The second-order valence-corrected chi connectivity index (χ2v) is 7.98. The van der Waals surface area contributed by atoms with E-state index >= 15 is 0 Å². The molecule has 0 N–H and O–H groups in total. The summed E-state index contributed by atoms with van der Waals surface area (Å²) >= 11 is 0. The lowest BCUT2D eigenvalue weighted by Gasteiger charge is -2.22. The first kappa shape index (κ1) is 16.2. The van der Waals surface area contributed by atoms with Gasteiger partial charge in [-0.1, -0.05) is 18.1 Å². The molecule has 1 aliphatic rings. The van der Waals surface area contributed by atoms with E-state index in [1.807, 2.05) is 32.9 Å². The van der Waals surface area contributed by atoms with Gasteiger partial charge >= 0.3 is 0 Å². The number of hydrogen-bond acceptors (Lipinski definition) is 4. The molecule has 0 amide bonds. The average molecular weight is 334 g/mol. The molecule has 5 nitrogen and oxygen atoms in total. The van der Waals surface area contributed by atoms with E-state index in [4.69, 9.17) is 4.52 Å². The minimum absolute atomic E-state index is 0.255. The zero-order valence-electron chi connectivity index (χ0n) is 13.7. The molecule has 1 atom stereocenters. The highest BCUT2D eigenvalue weighted by atomic mass is 32.2. The lowest BCUT2D eigenvalue weighted by molar-refractivity contribution is 0.296. The van der Waals surface area contributed by atoms with Gasteiger partial charge in [0.05, 0.1) is 16.6 Å². The summed E-state index contributed by atoms with van der Waals surface area (Å²) in [6.45, 7) is 6.42. The molecule has 1 aromatic carbocycles. The predicted molar refractivity (Wildman–Crippen MR) is 87.7 cm³/mol. The van der Waals surface area contributed by atoms with Gasteiger partial charge in [-0.15, -0.1) is 0 Å². The normalized spacial score (nSPS) is 19.3. The second-order valence-electron chi connectivity index (χ2n) is 6.09. The van der Waals surface area contributed by atoms with E-state index in [1.54, 1.807) is 16.4 Å². The molecule has 6 heteroatoms. The third kappa shape index (κ3) is 2.93. The highest BCUT2D eigenvalue weighted by molar-refractivity contribution is 7.89. The van der Waals surface area contributed by atoms with Gasteiger partial charge in [-0.3, -0.25) is 0 Å². The molecule has 0 aliphatic carbocycles. The third-order valence-electron chi connectivity index (χ3n) is 4.56. The quantitative estimate of drug-likeness (QED) is 0.860. The number of hydrogen-bond donors (Lipinski definition) is 0. The zero-order chi connectivity index (χ0) is 16.6. The molecule has 23 heavy (non-hydrogen) atoms. The Morgan fingerprint density at radius 3 is 2.70 bits per heavy atom. The van der Waals surface area contributed by atoms with Crippen LogP contribution in [0.4, 0.5) is 0 Å². The highest BCUT2D eigenvalue weighted by Crippen LogP contribution is 2.37. The molecule has 0 spiro atoms. The van der Waals surface area contributed by atoms with Crippen molar-refractivity contribution in [3.8, 4) is 0 Å². The monoisotopic (exact) mass is 334 g/mol. The van der Waals surface area contributed by atoms with Crippen LogP contribution in [0.2, 0.25) is 0 Å². The van der Waals surface area contributed by atoms with Crippen LogP contribution in [0.25, 0.3) is 0 Å². The average Bonchev–Trinajstić information content (AvgIpc) is 3.17. The third-order valence-corrected chi connectivity index (χ3v) is 6.46. The van der Waals surface area contributed by atoms with Gasteiger partial charge < -0.3 is 4.52 Å². The maximum Gasteiger partial charge on any atom is 0.243 e. The van der Waals surface area contributed by atoms with E-state index in [-0.39, 0.29) is 6.04 Å². The minimum Gasteiger partial charge on any atom is -0.359 e. The number of aryl methyl sites for hydroxylation is 3. The van der Waals surface area contributed by atoms with E-state index in [0.717, 1.165) is 36.1 Å². The maximum atomic E-state index is 13.0. The van der Waals surface area contributed by atoms with Gasteiger partial charge in [-0.05, 0) is 56.4 Å². The number of rotatable bonds is 4. The Morgan fingerprint density at radius 2 is 2.04 bits per heavy atom. The van der Waals surface area contributed by atoms with Crippen LogP contribution >= 0.6 is 0 Å². The van der Waals surface area contributed by atoms with Crippen LogP contribution in [0.1, 0.15) is 48.4 Å². The van der Waals surface area contributed by atoms with E-state index in [0.29, 0.717) is 17.2 Å². The molecule has 1 aliphatic heterocycles. The molecule has 1 saturated heterocycles. The van der Waals surface area contributed by atoms with Crippen molar-refractivity contribution in [3.63, 3.8) is 0 Å². The Morgan fingerprint density at radius 1 is 1.26 bits per heavy atom. The first-order valence-corrected chi connectivity index (χ1v) is 9.42. The van der Waals surface area contributed by atoms with Gasteiger partial charge in [0.1, 0.15) is 0 Å². The molecule has 0 bridgehead atoms. The maximum absolute atomic E-state index is 13.0. The van der Waals surface area contributed by atoms with Crippen LogP contribution in [-0.4, -0.2) is 24.4 Å². The van der Waals surface area contributed by atoms with E-state index in [1.165, 1.54) is 0 Å². The van der Waals surface area contributed by atoms with Gasteiger partial charge in [0.2, 0.25) is 10.0 Å². The first-order valence-electron chi connectivity index (χ1n) is 7.98. The van der Waals surface area contributed by atoms with Crippen molar-refractivity contribution < 1.29 is 12.9 Å². The van der Waals surface area contributed by atoms with Crippen molar-refractivity contribution in [2.24, 2.45) is 0 Å². The lowest BCUT2D eigenvalue weighted by Crippen LogP contribution is -2.30. The fourth-order valence-corrected chi connectivity index (χ4v) is 4.72. The molecule has 2 aromatic rings. The topological polar surface area (TPSA) is 63.4 Å². The van der Waals surface area contributed by atoms with Crippen LogP contribution < -0.4 is 0 Å². The number of aromatic nitrogens is 1. The molecule has 0 radical (unpaired) electrons. The van der Waals surface area contributed by atoms with Crippen LogP contribution in [-0.2, 0) is 16.4 Å². The highest BCUT2D eigenvalue weighted by Gasteiger charge is 2.38. The fraction of sp³-hybridized carbons (Fsp3) is 0.471. The smallest absolute Gasteiger partial charge is 0.243 e. The Balaban J connectivity index is 1.96. The van der Waals surface area contributed by atoms with Crippen molar-refractivity contribution in [3.05, 3.63) is 46.8 Å². The summed E-state index contributed by atoms with van der Waals surface area (Å²) in [6.07, 6.45) is 2.37. The van der Waals surface area contributed by atoms with Gasteiger partial charge in [0, 0.05) is 12.6 Å². The Bertz CT molecular complexity index is 811. The van der Waals surface area contributed by atoms with E-state index in [9.17, 15) is 8.42 Å². The molecule has 2 heterocycles. The van der Waals surface area contributed by atoms with Crippen LogP contribution in [0.3, 0.4) is 0 Å². The first-order chi connectivity index (χ1) is 10.9. The van der Waals surface area contributed by atoms with Gasteiger partial charge in [0.15, 0.2) is 5.76 Å². The SMILES string of the molecule is CCc1cc(C2CCCN2S(=O)(=O)c2ccc(C)c(C)c2)on1. The standard InChI is InChI=1S/C17H22N2O3S/c1-4-14-11-17(22-18-14)16-6-5-9-19(16)23(20,21)15-8-7-12(2)13(3)10-15/h7-8,10-11,16H,4-6,9H2,1-3H3. The fourth-order valence-electron chi connectivity index (χ4n) is 2.97. The van der Waals surface area contributed by atoms with E-state index in [2.05, 4.69) is 5.16 Å². The summed E-state index contributed by atoms with van der Waals surface area (Å²) in [5.41, 5.74) is 2.93. The van der Waals surface area contributed by atoms with Crippen LogP contribution in [0.15, 0.2) is 33.7 Å². The van der Waals surface area contributed by atoms with Crippen molar-refractivity contribution in [2.45, 2.75) is 51.0 Å². The second kappa shape index (κ2) is 6.09. The molecule has 1 unspecified atom stereocenters. The molecule has 1 fully saturated rings. The van der Waals surface area contributed by atoms with Crippen LogP contribution in [0.5, 0.6) is 0 Å². The van der Waals surface area contributed by atoms with Gasteiger partial charge in [0.25, 0.3) is 0 Å². The summed E-state index contributed by atoms with van der Waals surface area (Å²) in [5.74, 6) is 0.645. The molecular weight excluding hydrogens is 312 g/mol. The number of nitrogens with zero attached hydrogens (tertiary/aromatic N) is 2. The Labute approximate surface area is 137 Å². The predicted octanol–water partition coefficient (Wildman–Crippen LogP) is 3.38.